The summed E-state index contributed by atoms with van der Waals surface area (Å²) in [6.07, 6.45) is 0. The molecule has 0 aliphatic heterocycles. The van der Waals surface area contributed by atoms with Crippen LogP contribution in [0.2, 0.25) is 10.0 Å². The van der Waals surface area contributed by atoms with Crippen LogP contribution in [-0.4, -0.2) is 14.9 Å². The molecule has 6 heteroatoms. The van der Waals surface area contributed by atoms with Gasteiger partial charge in [0.2, 0.25) is 0 Å². The third-order valence-electron chi connectivity index (χ3n) is 4.45. The Labute approximate surface area is 173 Å². The van der Waals surface area contributed by atoms with E-state index in [9.17, 15) is 0 Å². The van der Waals surface area contributed by atoms with Crippen LogP contribution in [0.25, 0.3) is 22.8 Å². The molecule has 0 atom stereocenters. The van der Waals surface area contributed by atoms with Gasteiger partial charge in [-0.1, -0.05) is 89.4 Å². The fraction of sp³-hybridized carbons (Fsp3) is 0.0909. The lowest BCUT2D eigenvalue weighted by atomic mass is 10.1. The Kier molecular flexibility index (Phi) is 5.33. The third-order valence-corrected chi connectivity index (χ3v) is 5.03. The zero-order chi connectivity index (χ0) is 19.5. The summed E-state index contributed by atoms with van der Waals surface area (Å²) in [5, 5.41) is 10.1. The monoisotopic (exact) mass is 408 g/mol. The van der Waals surface area contributed by atoms with Gasteiger partial charge in [-0.3, -0.25) is 0 Å². The van der Waals surface area contributed by atoms with Gasteiger partial charge in [0.05, 0.1) is 6.54 Å². The Bertz CT molecular complexity index is 1090. The predicted octanol–water partition coefficient (Wildman–Crippen LogP) is 5.97. The largest absolute Gasteiger partial charge is 0.318 e. The van der Waals surface area contributed by atoms with Crippen LogP contribution in [0.3, 0.4) is 0 Å². The molecule has 0 fully saturated rings. The summed E-state index contributed by atoms with van der Waals surface area (Å²) in [7, 11) is 0. The maximum atomic E-state index is 6.34. The number of benzene rings is 3. The van der Waals surface area contributed by atoms with E-state index in [1.807, 2.05) is 59.3 Å². The topological polar surface area (TPSA) is 42.7 Å². The number of aromatic nitrogens is 3. The minimum absolute atomic E-state index is 0.507. The molecule has 0 saturated carbocycles. The highest BCUT2D eigenvalue weighted by Crippen LogP contribution is 2.25. The van der Waals surface area contributed by atoms with Crippen LogP contribution in [-0.2, 0) is 6.54 Å². The first-order chi connectivity index (χ1) is 13.6. The SMILES string of the molecule is Cc1ccc(-c2nnc(-c3ccccc3)n2NCc2ccc(Cl)cc2Cl)cc1. The number of hydrogen-bond donors (Lipinski definition) is 1. The van der Waals surface area contributed by atoms with Gasteiger partial charge in [0, 0.05) is 21.2 Å². The molecule has 0 aliphatic rings. The van der Waals surface area contributed by atoms with E-state index in [0.717, 1.165) is 28.3 Å². The number of nitrogens with zero attached hydrogens (tertiary/aromatic N) is 3. The Morgan fingerprint density at radius 2 is 1.46 bits per heavy atom. The van der Waals surface area contributed by atoms with Gasteiger partial charge in [0.25, 0.3) is 0 Å². The lowest BCUT2D eigenvalue weighted by Crippen LogP contribution is -2.17. The van der Waals surface area contributed by atoms with Crippen molar-refractivity contribution >= 4 is 23.2 Å². The summed E-state index contributed by atoms with van der Waals surface area (Å²) in [4.78, 5) is 0. The van der Waals surface area contributed by atoms with Crippen LogP contribution in [0.5, 0.6) is 0 Å². The van der Waals surface area contributed by atoms with Crippen LogP contribution in [0.1, 0.15) is 11.1 Å². The Morgan fingerprint density at radius 1 is 0.821 bits per heavy atom. The van der Waals surface area contributed by atoms with E-state index < -0.39 is 0 Å². The van der Waals surface area contributed by atoms with Crippen molar-refractivity contribution in [1.29, 1.82) is 0 Å². The quantitative estimate of drug-likeness (QED) is 0.442. The smallest absolute Gasteiger partial charge is 0.182 e. The zero-order valence-corrected chi connectivity index (χ0v) is 16.7. The van der Waals surface area contributed by atoms with E-state index in [2.05, 4.69) is 34.7 Å². The summed E-state index contributed by atoms with van der Waals surface area (Å²) in [6, 6.07) is 23.7. The van der Waals surface area contributed by atoms with Crippen LogP contribution < -0.4 is 5.43 Å². The van der Waals surface area contributed by atoms with Crippen molar-refractivity contribution in [3.05, 3.63) is 94.0 Å². The predicted molar refractivity (Wildman–Crippen MR) is 115 cm³/mol. The molecule has 0 spiro atoms. The molecule has 1 aromatic heterocycles. The van der Waals surface area contributed by atoms with E-state index in [1.54, 1.807) is 6.07 Å². The molecule has 28 heavy (non-hydrogen) atoms. The van der Waals surface area contributed by atoms with Crippen molar-refractivity contribution in [3.8, 4) is 22.8 Å². The highest BCUT2D eigenvalue weighted by molar-refractivity contribution is 6.35. The molecule has 0 unspecified atom stereocenters. The normalized spacial score (nSPS) is 10.8. The van der Waals surface area contributed by atoms with Crippen molar-refractivity contribution in [2.24, 2.45) is 0 Å². The minimum atomic E-state index is 0.507. The third kappa shape index (κ3) is 3.88. The number of halogens is 2. The van der Waals surface area contributed by atoms with Crippen LogP contribution in [0, 0.1) is 6.92 Å². The van der Waals surface area contributed by atoms with E-state index in [0.29, 0.717) is 16.6 Å². The lowest BCUT2D eigenvalue weighted by Gasteiger charge is -2.14. The van der Waals surface area contributed by atoms with Crippen molar-refractivity contribution in [1.82, 2.24) is 14.9 Å². The molecule has 0 radical (unpaired) electrons. The summed E-state index contributed by atoms with van der Waals surface area (Å²) in [5.74, 6) is 1.48. The van der Waals surface area contributed by atoms with Crippen molar-refractivity contribution < 1.29 is 0 Å². The van der Waals surface area contributed by atoms with Crippen molar-refractivity contribution in [2.45, 2.75) is 13.5 Å². The van der Waals surface area contributed by atoms with Gasteiger partial charge in [-0.25, -0.2) is 4.68 Å². The molecule has 140 valence electrons. The first-order valence-electron chi connectivity index (χ1n) is 8.87. The first-order valence-corrected chi connectivity index (χ1v) is 9.63. The number of hydrogen-bond acceptors (Lipinski definition) is 3. The van der Waals surface area contributed by atoms with Gasteiger partial charge < -0.3 is 5.43 Å². The van der Waals surface area contributed by atoms with Crippen LogP contribution >= 0.6 is 23.2 Å². The highest BCUT2D eigenvalue weighted by atomic mass is 35.5. The fourth-order valence-corrected chi connectivity index (χ4v) is 3.40. The second kappa shape index (κ2) is 8.05. The van der Waals surface area contributed by atoms with Gasteiger partial charge in [-0.2, -0.15) is 0 Å². The summed E-state index contributed by atoms with van der Waals surface area (Å²) < 4.78 is 1.91. The summed E-state index contributed by atoms with van der Waals surface area (Å²) in [5.41, 5.74) is 7.50. The fourth-order valence-electron chi connectivity index (χ4n) is 2.93. The van der Waals surface area contributed by atoms with Gasteiger partial charge >= 0.3 is 0 Å². The lowest BCUT2D eigenvalue weighted by molar-refractivity contribution is 0.851. The summed E-state index contributed by atoms with van der Waals surface area (Å²) in [6.45, 7) is 2.57. The number of nitrogens with one attached hydrogen (secondary N) is 1. The van der Waals surface area contributed by atoms with Crippen molar-refractivity contribution in [2.75, 3.05) is 5.43 Å². The van der Waals surface area contributed by atoms with E-state index in [4.69, 9.17) is 23.2 Å². The van der Waals surface area contributed by atoms with Gasteiger partial charge in [0.1, 0.15) is 0 Å². The molecule has 0 bridgehead atoms. The Morgan fingerprint density at radius 3 is 2.11 bits per heavy atom. The molecule has 1 N–H and O–H groups in total. The maximum absolute atomic E-state index is 6.34. The molecular formula is C22H18Cl2N4. The molecule has 1 heterocycles. The first kappa shape index (κ1) is 18.5. The number of aryl methyl sites for hydroxylation is 1. The molecule has 4 aromatic rings. The molecule has 4 rings (SSSR count). The van der Waals surface area contributed by atoms with Gasteiger partial charge in [-0.05, 0) is 24.6 Å². The molecule has 0 aliphatic carbocycles. The molecular weight excluding hydrogens is 391 g/mol. The Balaban J connectivity index is 1.73. The zero-order valence-electron chi connectivity index (χ0n) is 15.2. The standard InChI is InChI=1S/C22H18Cl2N4/c1-15-7-9-17(10-8-15)22-27-26-21(16-5-3-2-4-6-16)28(22)25-14-18-11-12-19(23)13-20(18)24/h2-13,25H,14H2,1H3. The van der Waals surface area contributed by atoms with Crippen molar-refractivity contribution in [3.63, 3.8) is 0 Å². The molecule has 3 aromatic carbocycles. The average Bonchev–Trinajstić information content (AvgIpc) is 3.12. The van der Waals surface area contributed by atoms with Crippen LogP contribution in [0.4, 0.5) is 0 Å². The molecule has 4 nitrogen and oxygen atoms in total. The van der Waals surface area contributed by atoms with E-state index >= 15 is 0 Å². The van der Waals surface area contributed by atoms with Gasteiger partial charge in [-0.15, -0.1) is 10.2 Å². The second-order valence-corrected chi connectivity index (χ2v) is 7.33. The summed E-state index contributed by atoms with van der Waals surface area (Å²) >= 11 is 12.3. The van der Waals surface area contributed by atoms with Crippen LogP contribution in [0.15, 0.2) is 72.8 Å². The van der Waals surface area contributed by atoms with E-state index in [-0.39, 0.29) is 0 Å². The Hall–Kier alpha value is -2.82. The number of rotatable bonds is 5. The average molecular weight is 409 g/mol. The van der Waals surface area contributed by atoms with Gasteiger partial charge in [0.15, 0.2) is 11.6 Å². The second-order valence-electron chi connectivity index (χ2n) is 6.49. The maximum Gasteiger partial charge on any atom is 0.182 e. The molecule has 0 amide bonds. The highest BCUT2D eigenvalue weighted by Gasteiger charge is 2.15. The van der Waals surface area contributed by atoms with E-state index in [1.165, 1.54) is 5.56 Å². The minimum Gasteiger partial charge on any atom is -0.318 e. The molecule has 0 saturated heterocycles.